The first kappa shape index (κ1) is 23.3. The number of nitrogens with one attached hydrogen (secondary N) is 3. The molecule has 0 unspecified atom stereocenters. The molecule has 1 aromatic heterocycles. The summed E-state index contributed by atoms with van der Waals surface area (Å²) >= 11 is 0. The standard InChI is InChI=1S/C23H33N3O4S/c1-31(29,30)26-19-15-11-14-18-21(27)16-20(25-22(18)19)23(28)24-17-12-9-7-5-3-2-4-6-8-10-13-17/h11,14-17,26H,2-10,12-13H2,1H3,(H,24,28)(H,25,27). The quantitative estimate of drug-likeness (QED) is 0.649. The van der Waals surface area contributed by atoms with E-state index in [2.05, 4.69) is 15.0 Å². The SMILES string of the molecule is CS(=O)(=O)Nc1cccc2c(=O)cc(C(=O)NC3CCCCCCCCCCC3)[nH]c12. The van der Waals surface area contributed by atoms with Crippen LogP contribution in [0, 0.1) is 0 Å². The van der Waals surface area contributed by atoms with Crippen LogP contribution in [0.25, 0.3) is 10.9 Å². The topological polar surface area (TPSA) is 108 Å². The zero-order chi connectivity index (χ0) is 22.3. The van der Waals surface area contributed by atoms with Gasteiger partial charge in [-0.2, -0.15) is 0 Å². The number of hydrogen-bond donors (Lipinski definition) is 3. The van der Waals surface area contributed by atoms with Crippen molar-refractivity contribution in [2.24, 2.45) is 0 Å². The Morgan fingerprint density at radius 1 is 0.968 bits per heavy atom. The highest BCUT2D eigenvalue weighted by Gasteiger charge is 2.17. The Kier molecular flexibility index (Phi) is 8.12. The summed E-state index contributed by atoms with van der Waals surface area (Å²) in [6.45, 7) is 0. The summed E-state index contributed by atoms with van der Waals surface area (Å²) in [5.74, 6) is -0.328. The fourth-order valence-corrected chi connectivity index (χ4v) is 4.82. The molecule has 0 spiro atoms. The van der Waals surface area contributed by atoms with Gasteiger partial charge in [-0.3, -0.25) is 14.3 Å². The number of hydrogen-bond acceptors (Lipinski definition) is 4. The van der Waals surface area contributed by atoms with Gasteiger partial charge >= 0.3 is 0 Å². The number of carbonyl (C=O) groups is 1. The van der Waals surface area contributed by atoms with E-state index in [4.69, 9.17) is 0 Å². The minimum Gasteiger partial charge on any atom is -0.349 e. The zero-order valence-corrected chi connectivity index (χ0v) is 19.0. The van der Waals surface area contributed by atoms with E-state index in [0.717, 1.165) is 31.9 Å². The van der Waals surface area contributed by atoms with Gasteiger partial charge in [-0.15, -0.1) is 0 Å². The Labute approximate surface area is 184 Å². The lowest BCUT2D eigenvalue weighted by atomic mass is 9.98. The van der Waals surface area contributed by atoms with Crippen LogP contribution in [0.4, 0.5) is 5.69 Å². The van der Waals surface area contributed by atoms with E-state index in [9.17, 15) is 18.0 Å². The lowest BCUT2D eigenvalue weighted by Gasteiger charge is -2.20. The van der Waals surface area contributed by atoms with Crippen molar-refractivity contribution >= 4 is 32.5 Å². The summed E-state index contributed by atoms with van der Waals surface area (Å²) in [6, 6.07) is 6.15. The van der Waals surface area contributed by atoms with Crippen LogP contribution in [-0.4, -0.2) is 31.6 Å². The highest BCUT2D eigenvalue weighted by molar-refractivity contribution is 7.92. The second kappa shape index (κ2) is 10.8. The average Bonchev–Trinajstić information content (AvgIpc) is 2.69. The van der Waals surface area contributed by atoms with Crippen molar-refractivity contribution in [1.82, 2.24) is 10.3 Å². The number of rotatable bonds is 4. The molecule has 0 atom stereocenters. The average molecular weight is 448 g/mol. The second-order valence-electron chi connectivity index (χ2n) is 8.58. The summed E-state index contributed by atoms with van der Waals surface area (Å²) in [4.78, 5) is 28.5. The Hall–Kier alpha value is -2.35. The third kappa shape index (κ3) is 7.09. The molecule has 1 amide bonds. The van der Waals surface area contributed by atoms with Crippen LogP contribution in [0.1, 0.15) is 81.1 Å². The molecule has 0 saturated heterocycles. The van der Waals surface area contributed by atoms with Crippen LogP contribution in [0.2, 0.25) is 0 Å². The first-order chi connectivity index (χ1) is 14.8. The number of sulfonamides is 1. The Morgan fingerprint density at radius 3 is 2.13 bits per heavy atom. The van der Waals surface area contributed by atoms with Crippen LogP contribution in [-0.2, 0) is 10.0 Å². The van der Waals surface area contributed by atoms with E-state index < -0.39 is 10.0 Å². The van der Waals surface area contributed by atoms with Gasteiger partial charge in [0.15, 0.2) is 5.43 Å². The Bertz CT molecular complexity index is 1050. The van der Waals surface area contributed by atoms with E-state index in [0.29, 0.717) is 10.9 Å². The van der Waals surface area contributed by atoms with E-state index >= 15 is 0 Å². The molecule has 0 aliphatic heterocycles. The molecule has 31 heavy (non-hydrogen) atoms. The molecule has 3 N–H and O–H groups in total. The van der Waals surface area contributed by atoms with E-state index in [1.165, 1.54) is 51.0 Å². The largest absolute Gasteiger partial charge is 0.349 e. The molecule has 0 bridgehead atoms. The highest BCUT2D eigenvalue weighted by Crippen LogP contribution is 2.21. The Morgan fingerprint density at radius 2 is 1.55 bits per heavy atom. The van der Waals surface area contributed by atoms with Gasteiger partial charge in [-0.25, -0.2) is 8.42 Å². The maximum Gasteiger partial charge on any atom is 0.268 e. The lowest BCUT2D eigenvalue weighted by molar-refractivity contribution is 0.0926. The summed E-state index contributed by atoms with van der Waals surface area (Å²) in [5, 5.41) is 3.43. The normalized spacial score (nSPS) is 17.5. The molecule has 7 nitrogen and oxygen atoms in total. The van der Waals surface area contributed by atoms with Crippen molar-refractivity contribution in [3.8, 4) is 0 Å². The van der Waals surface area contributed by atoms with Crippen LogP contribution in [0.5, 0.6) is 0 Å². The number of aromatic amines is 1. The zero-order valence-electron chi connectivity index (χ0n) is 18.2. The van der Waals surface area contributed by atoms with Crippen molar-refractivity contribution in [3.05, 3.63) is 40.2 Å². The number of carbonyl (C=O) groups excluding carboxylic acids is 1. The fourth-order valence-electron chi connectivity index (χ4n) is 4.25. The molecule has 8 heteroatoms. The van der Waals surface area contributed by atoms with Gasteiger partial charge in [0.1, 0.15) is 5.69 Å². The number of pyridine rings is 1. The Balaban J connectivity index is 1.80. The monoisotopic (exact) mass is 447 g/mol. The molecule has 1 aromatic carbocycles. The van der Waals surface area contributed by atoms with E-state index in [1.807, 2.05) is 0 Å². The third-order valence-corrected chi connectivity index (χ3v) is 6.44. The van der Waals surface area contributed by atoms with Crippen LogP contribution >= 0.6 is 0 Å². The van der Waals surface area contributed by atoms with Crippen molar-refractivity contribution < 1.29 is 13.2 Å². The van der Waals surface area contributed by atoms with Crippen molar-refractivity contribution in [1.29, 1.82) is 0 Å². The molecule has 2 aromatic rings. The number of aromatic nitrogens is 1. The predicted octanol–water partition coefficient (Wildman–Crippen LogP) is 4.30. The van der Waals surface area contributed by atoms with Gasteiger partial charge in [-0.05, 0) is 25.0 Å². The number of H-pyrrole nitrogens is 1. The van der Waals surface area contributed by atoms with Crippen LogP contribution in [0.15, 0.2) is 29.1 Å². The molecular weight excluding hydrogens is 414 g/mol. The van der Waals surface area contributed by atoms with Gasteiger partial charge in [0.2, 0.25) is 10.0 Å². The van der Waals surface area contributed by atoms with Gasteiger partial charge in [-0.1, -0.05) is 63.9 Å². The summed E-state index contributed by atoms with van der Waals surface area (Å²) in [5.41, 5.74) is 0.378. The first-order valence-electron chi connectivity index (χ1n) is 11.3. The number of amides is 1. The van der Waals surface area contributed by atoms with Crippen LogP contribution < -0.4 is 15.5 Å². The molecule has 3 rings (SSSR count). The smallest absolute Gasteiger partial charge is 0.268 e. The van der Waals surface area contributed by atoms with Gasteiger partial charge in [0, 0.05) is 17.5 Å². The number of fused-ring (bicyclic) bond motifs is 1. The number of anilines is 1. The maximum atomic E-state index is 13.0. The minimum absolute atomic E-state index is 0.0792. The molecule has 1 aliphatic carbocycles. The third-order valence-electron chi connectivity index (χ3n) is 5.85. The van der Waals surface area contributed by atoms with E-state index in [1.54, 1.807) is 18.2 Å². The van der Waals surface area contributed by atoms with Gasteiger partial charge in [0.25, 0.3) is 5.91 Å². The highest BCUT2D eigenvalue weighted by atomic mass is 32.2. The minimum atomic E-state index is -3.53. The maximum absolute atomic E-state index is 13.0. The van der Waals surface area contributed by atoms with Gasteiger partial charge in [0.05, 0.1) is 17.5 Å². The fraction of sp³-hybridized carbons (Fsp3) is 0.565. The molecule has 1 saturated carbocycles. The van der Waals surface area contributed by atoms with Gasteiger partial charge < -0.3 is 10.3 Å². The van der Waals surface area contributed by atoms with E-state index in [-0.39, 0.29) is 28.8 Å². The summed E-state index contributed by atoms with van der Waals surface area (Å²) in [7, 11) is -3.53. The van der Waals surface area contributed by atoms with Crippen molar-refractivity contribution in [2.75, 3.05) is 11.0 Å². The summed E-state index contributed by atoms with van der Waals surface area (Å²) in [6.07, 6.45) is 13.8. The molecule has 1 heterocycles. The molecular formula is C23H33N3O4S. The lowest BCUT2D eigenvalue weighted by Crippen LogP contribution is -2.36. The first-order valence-corrected chi connectivity index (χ1v) is 13.2. The molecule has 1 fully saturated rings. The van der Waals surface area contributed by atoms with Crippen molar-refractivity contribution in [2.45, 2.75) is 76.7 Å². The predicted molar refractivity (Wildman–Crippen MR) is 125 cm³/mol. The second-order valence-corrected chi connectivity index (χ2v) is 10.3. The number of para-hydroxylation sites is 1. The molecule has 1 aliphatic rings. The van der Waals surface area contributed by atoms with Crippen molar-refractivity contribution in [3.63, 3.8) is 0 Å². The number of benzene rings is 1. The van der Waals surface area contributed by atoms with Crippen LogP contribution in [0.3, 0.4) is 0 Å². The summed E-state index contributed by atoms with van der Waals surface area (Å²) < 4.78 is 25.8. The molecule has 0 radical (unpaired) electrons. The molecule has 170 valence electrons.